The maximum absolute atomic E-state index is 6.00. The first-order chi connectivity index (χ1) is 8.66. The van der Waals surface area contributed by atoms with Crippen LogP contribution in [-0.4, -0.2) is 19.8 Å². The largest absolute Gasteiger partial charge is 0.398 e. The molecular weight excluding hydrogens is 248 g/mol. The number of benzene rings is 1. The number of ether oxygens (including phenoxy) is 1. The number of nitrogen functional groups attached to an aromatic ring is 1. The Bertz CT molecular complexity index is 405. The van der Waals surface area contributed by atoms with E-state index in [4.69, 9.17) is 22.1 Å². The van der Waals surface area contributed by atoms with Crippen molar-refractivity contribution in [2.45, 2.75) is 26.2 Å². The van der Waals surface area contributed by atoms with Crippen LogP contribution in [0.15, 0.2) is 12.1 Å². The van der Waals surface area contributed by atoms with Crippen LogP contribution in [-0.2, 0) is 4.74 Å². The van der Waals surface area contributed by atoms with Crippen molar-refractivity contribution in [2.24, 2.45) is 5.92 Å². The zero-order valence-corrected chi connectivity index (χ0v) is 11.6. The average Bonchev–Trinajstić information content (AvgIpc) is 3.13. The van der Waals surface area contributed by atoms with Crippen molar-refractivity contribution in [2.75, 3.05) is 30.8 Å². The van der Waals surface area contributed by atoms with Gasteiger partial charge in [0.25, 0.3) is 0 Å². The third-order valence-corrected chi connectivity index (χ3v) is 3.50. The van der Waals surface area contributed by atoms with E-state index in [0.29, 0.717) is 10.7 Å². The molecule has 1 fully saturated rings. The Kier molecular flexibility index (Phi) is 4.72. The van der Waals surface area contributed by atoms with Crippen molar-refractivity contribution >= 4 is 23.0 Å². The van der Waals surface area contributed by atoms with E-state index in [-0.39, 0.29) is 0 Å². The second kappa shape index (κ2) is 6.30. The number of nitrogens with one attached hydrogen (secondary N) is 1. The highest BCUT2D eigenvalue weighted by Crippen LogP contribution is 2.29. The predicted molar refractivity (Wildman–Crippen MR) is 77.3 cm³/mol. The van der Waals surface area contributed by atoms with Gasteiger partial charge in [-0.2, -0.15) is 0 Å². The highest BCUT2D eigenvalue weighted by atomic mass is 35.5. The van der Waals surface area contributed by atoms with Crippen molar-refractivity contribution in [3.8, 4) is 0 Å². The first-order valence-electron chi connectivity index (χ1n) is 6.54. The summed E-state index contributed by atoms with van der Waals surface area (Å²) in [7, 11) is 0. The van der Waals surface area contributed by atoms with Gasteiger partial charge in [0, 0.05) is 25.4 Å². The number of rotatable bonds is 7. The summed E-state index contributed by atoms with van der Waals surface area (Å²) in [5.41, 5.74) is 8.54. The van der Waals surface area contributed by atoms with Gasteiger partial charge in [-0.1, -0.05) is 11.6 Å². The van der Waals surface area contributed by atoms with E-state index in [2.05, 4.69) is 5.32 Å². The van der Waals surface area contributed by atoms with E-state index in [1.165, 1.54) is 12.8 Å². The fourth-order valence-electron chi connectivity index (χ4n) is 1.83. The van der Waals surface area contributed by atoms with Crippen molar-refractivity contribution in [3.05, 3.63) is 22.7 Å². The number of hydrogen-bond donors (Lipinski definition) is 2. The van der Waals surface area contributed by atoms with E-state index in [1.54, 1.807) is 0 Å². The Morgan fingerprint density at radius 3 is 2.94 bits per heavy atom. The van der Waals surface area contributed by atoms with Gasteiger partial charge in [0.05, 0.1) is 10.7 Å². The average molecular weight is 269 g/mol. The molecule has 3 N–H and O–H groups in total. The molecule has 0 spiro atoms. The van der Waals surface area contributed by atoms with Gasteiger partial charge in [0.1, 0.15) is 0 Å². The molecule has 0 amide bonds. The molecule has 0 heterocycles. The van der Waals surface area contributed by atoms with Crippen LogP contribution in [0.4, 0.5) is 11.4 Å². The maximum Gasteiger partial charge on any atom is 0.0656 e. The van der Waals surface area contributed by atoms with E-state index >= 15 is 0 Å². The molecule has 1 aromatic rings. The molecule has 0 aliphatic heterocycles. The summed E-state index contributed by atoms with van der Waals surface area (Å²) in [5.74, 6) is 0.844. The molecular formula is C14H21ClN2O. The van der Waals surface area contributed by atoms with Gasteiger partial charge in [-0.05, 0) is 49.8 Å². The van der Waals surface area contributed by atoms with Crippen molar-refractivity contribution in [3.63, 3.8) is 0 Å². The molecule has 1 aliphatic carbocycles. The van der Waals surface area contributed by atoms with E-state index in [0.717, 1.165) is 43.3 Å². The van der Waals surface area contributed by atoms with Crippen LogP contribution in [0.25, 0.3) is 0 Å². The lowest BCUT2D eigenvalue weighted by Crippen LogP contribution is -2.08. The van der Waals surface area contributed by atoms with Gasteiger partial charge in [-0.25, -0.2) is 0 Å². The molecule has 1 saturated carbocycles. The Labute approximate surface area is 114 Å². The first-order valence-corrected chi connectivity index (χ1v) is 6.92. The quantitative estimate of drug-likeness (QED) is 0.588. The highest BCUT2D eigenvalue weighted by molar-refractivity contribution is 6.33. The smallest absolute Gasteiger partial charge is 0.0656 e. The number of hydrogen-bond acceptors (Lipinski definition) is 3. The van der Waals surface area contributed by atoms with Crippen LogP contribution < -0.4 is 11.1 Å². The third-order valence-electron chi connectivity index (χ3n) is 3.18. The summed E-state index contributed by atoms with van der Waals surface area (Å²) in [6.07, 6.45) is 3.71. The van der Waals surface area contributed by atoms with Crippen molar-refractivity contribution < 1.29 is 4.74 Å². The third kappa shape index (κ3) is 4.07. The Balaban J connectivity index is 1.67. The topological polar surface area (TPSA) is 47.3 Å². The van der Waals surface area contributed by atoms with Crippen LogP contribution in [0, 0.1) is 12.8 Å². The maximum atomic E-state index is 6.00. The Morgan fingerprint density at radius 2 is 2.22 bits per heavy atom. The summed E-state index contributed by atoms with van der Waals surface area (Å²) in [6.45, 7) is 4.68. The van der Waals surface area contributed by atoms with E-state index in [1.807, 2.05) is 19.1 Å². The van der Waals surface area contributed by atoms with Crippen molar-refractivity contribution in [1.82, 2.24) is 0 Å². The van der Waals surface area contributed by atoms with E-state index in [9.17, 15) is 0 Å². The molecule has 0 bridgehead atoms. The van der Waals surface area contributed by atoms with Crippen LogP contribution in [0.3, 0.4) is 0 Å². The number of aryl methyl sites for hydroxylation is 1. The molecule has 18 heavy (non-hydrogen) atoms. The molecule has 0 aromatic heterocycles. The molecule has 1 aliphatic rings. The fraction of sp³-hybridized carbons (Fsp3) is 0.571. The summed E-state index contributed by atoms with van der Waals surface area (Å²) in [5, 5.41) is 3.97. The first kappa shape index (κ1) is 13.5. The number of anilines is 2. The minimum absolute atomic E-state index is 0.605. The van der Waals surface area contributed by atoms with Crippen LogP contribution in [0.1, 0.15) is 24.8 Å². The normalized spacial score (nSPS) is 14.8. The minimum atomic E-state index is 0.605. The lowest BCUT2D eigenvalue weighted by molar-refractivity contribution is 0.124. The zero-order valence-electron chi connectivity index (χ0n) is 10.8. The zero-order chi connectivity index (χ0) is 13.0. The Hall–Kier alpha value is -0.930. The lowest BCUT2D eigenvalue weighted by Gasteiger charge is -2.11. The lowest BCUT2D eigenvalue weighted by atomic mass is 10.2. The fourth-order valence-corrected chi connectivity index (χ4v) is 1.99. The van der Waals surface area contributed by atoms with Gasteiger partial charge in [-0.15, -0.1) is 0 Å². The molecule has 100 valence electrons. The van der Waals surface area contributed by atoms with Gasteiger partial charge >= 0.3 is 0 Å². The van der Waals surface area contributed by atoms with Gasteiger partial charge in [0.15, 0.2) is 0 Å². The summed E-state index contributed by atoms with van der Waals surface area (Å²) < 4.78 is 5.58. The monoisotopic (exact) mass is 268 g/mol. The molecule has 0 unspecified atom stereocenters. The molecule has 1 aromatic carbocycles. The molecule has 2 rings (SSSR count). The summed E-state index contributed by atoms with van der Waals surface area (Å²) in [6, 6.07) is 3.78. The minimum Gasteiger partial charge on any atom is -0.398 e. The van der Waals surface area contributed by atoms with Crippen LogP contribution in [0.2, 0.25) is 5.02 Å². The van der Waals surface area contributed by atoms with Gasteiger partial charge in [0.2, 0.25) is 0 Å². The second-order valence-corrected chi connectivity index (χ2v) is 5.39. The molecule has 0 saturated heterocycles. The SMILES string of the molecule is Cc1cc(N)c(Cl)cc1NCCCOCC1CC1. The molecule has 4 heteroatoms. The van der Waals surface area contributed by atoms with Gasteiger partial charge in [-0.3, -0.25) is 0 Å². The number of halogens is 1. The molecule has 3 nitrogen and oxygen atoms in total. The predicted octanol–water partition coefficient (Wildman–Crippen LogP) is 3.46. The standard InChI is InChI=1S/C14H21ClN2O/c1-10-7-13(16)12(15)8-14(10)17-5-2-6-18-9-11-3-4-11/h7-8,11,17H,2-6,9,16H2,1H3. The Morgan fingerprint density at radius 1 is 1.44 bits per heavy atom. The molecule has 0 radical (unpaired) electrons. The van der Waals surface area contributed by atoms with Crippen LogP contribution in [0.5, 0.6) is 0 Å². The number of nitrogens with two attached hydrogens (primary N) is 1. The van der Waals surface area contributed by atoms with E-state index < -0.39 is 0 Å². The summed E-state index contributed by atoms with van der Waals surface area (Å²) >= 11 is 6.00. The van der Waals surface area contributed by atoms with Crippen LogP contribution >= 0.6 is 11.6 Å². The summed E-state index contributed by atoms with van der Waals surface area (Å²) in [4.78, 5) is 0. The van der Waals surface area contributed by atoms with Crippen molar-refractivity contribution in [1.29, 1.82) is 0 Å². The van der Waals surface area contributed by atoms with Gasteiger partial charge < -0.3 is 15.8 Å². The highest BCUT2D eigenvalue weighted by Gasteiger charge is 2.20. The molecule has 0 atom stereocenters. The second-order valence-electron chi connectivity index (χ2n) is 4.99.